The monoisotopic (exact) mass is 378 g/mol. The summed E-state index contributed by atoms with van der Waals surface area (Å²) in [6.07, 6.45) is 0.423. The van der Waals surface area contributed by atoms with Gasteiger partial charge >= 0.3 is 5.97 Å². The van der Waals surface area contributed by atoms with E-state index in [9.17, 15) is 14.4 Å². The standard InChI is InChI=1S/C19H26N2O6/c1-6-19(2,18(24)27-5)20-17(23)12-9-16(22)21(11-12)14-10-13(25-3)7-8-15(14)26-4/h7-8,10,12H,6,9,11H2,1-5H3,(H,20,23). The number of amides is 2. The van der Waals surface area contributed by atoms with E-state index in [0.717, 1.165) is 0 Å². The Morgan fingerprint density at radius 2 is 1.96 bits per heavy atom. The Hall–Kier alpha value is -2.77. The van der Waals surface area contributed by atoms with Crippen molar-refractivity contribution in [1.29, 1.82) is 0 Å². The number of hydrogen-bond donors (Lipinski definition) is 1. The van der Waals surface area contributed by atoms with Crippen molar-refractivity contribution in [3.63, 3.8) is 0 Å². The maximum Gasteiger partial charge on any atom is 0.331 e. The summed E-state index contributed by atoms with van der Waals surface area (Å²) in [5, 5.41) is 2.73. The molecule has 0 saturated carbocycles. The predicted octanol–water partition coefficient (Wildman–Crippen LogP) is 1.51. The van der Waals surface area contributed by atoms with E-state index < -0.39 is 17.4 Å². The van der Waals surface area contributed by atoms with E-state index in [1.54, 1.807) is 32.0 Å². The molecule has 2 atom stereocenters. The molecule has 1 N–H and O–H groups in total. The van der Waals surface area contributed by atoms with Crippen LogP contribution in [0.15, 0.2) is 18.2 Å². The summed E-state index contributed by atoms with van der Waals surface area (Å²) in [4.78, 5) is 38.7. The molecule has 0 aromatic heterocycles. The molecule has 1 aliphatic rings. The van der Waals surface area contributed by atoms with E-state index in [4.69, 9.17) is 14.2 Å². The van der Waals surface area contributed by atoms with Crippen molar-refractivity contribution < 1.29 is 28.6 Å². The number of methoxy groups -OCH3 is 3. The number of nitrogens with one attached hydrogen (secondary N) is 1. The van der Waals surface area contributed by atoms with Gasteiger partial charge in [0.1, 0.15) is 17.0 Å². The summed E-state index contributed by atoms with van der Waals surface area (Å²) in [7, 11) is 4.32. The minimum atomic E-state index is -1.13. The zero-order valence-corrected chi connectivity index (χ0v) is 16.3. The highest BCUT2D eigenvalue weighted by Crippen LogP contribution is 2.36. The van der Waals surface area contributed by atoms with Crippen LogP contribution in [0.4, 0.5) is 5.69 Å². The topological polar surface area (TPSA) is 94.2 Å². The third-order valence-electron chi connectivity index (χ3n) is 4.91. The van der Waals surface area contributed by atoms with Crippen LogP contribution < -0.4 is 19.7 Å². The Kier molecular flexibility index (Phi) is 6.30. The molecule has 148 valence electrons. The Bertz CT molecular complexity index is 735. The fourth-order valence-corrected chi connectivity index (χ4v) is 3.01. The van der Waals surface area contributed by atoms with Gasteiger partial charge in [0.05, 0.1) is 32.9 Å². The predicted molar refractivity (Wildman–Crippen MR) is 98.9 cm³/mol. The molecule has 8 heteroatoms. The van der Waals surface area contributed by atoms with Crippen molar-refractivity contribution in [3.8, 4) is 11.5 Å². The first-order chi connectivity index (χ1) is 12.8. The molecule has 0 aliphatic carbocycles. The number of rotatable bonds is 7. The van der Waals surface area contributed by atoms with Gasteiger partial charge in [0, 0.05) is 19.0 Å². The quantitative estimate of drug-likeness (QED) is 0.723. The normalized spacial score (nSPS) is 18.6. The summed E-state index contributed by atoms with van der Waals surface area (Å²) in [5.41, 5.74) is -0.584. The molecular formula is C19H26N2O6. The van der Waals surface area contributed by atoms with Crippen LogP contribution in [0, 0.1) is 5.92 Å². The van der Waals surface area contributed by atoms with Gasteiger partial charge in [-0.2, -0.15) is 0 Å². The molecule has 2 rings (SSSR count). The molecule has 2 amide bonds. The Morgan fingerprint density at radius 3 is 2.52 bits per heavy atom. The summed E-state index contributed by atoms with van der Waals surface area (Å²) in [5.74, 6) is -0.563. The van der Waals surface area contributed by atoms with Crippen LogP contribution in [0.2, 0.25) is 0 Å². The number of carbonyl (C=O) groups is 3. The zero-order valence-electron chi connectivity index (χ0n) is 16.3. The average molecular weight is 378 g/mol. The minimum Gasteiger partial charge on any atom is -0.497 e. The molecule has 0 spiro atoms. The van der Waals surface area contributed by atoms with Gasteiger partial charge in [-0.3, -0.25) is 9.59 Å². The van der Waals surface area contributed by atoms with Crippen molar-refractivity contribution in [1.82, 2.24) is 5.32 Å². The van der Waals surface area contributed by atoms with Crippen molar-refractivity contribution in [2.45, 2.75) is 32.2 Å². The van der Waals surface area contributed by atoms with E-state index in [2.05, 4.69) is 5.32 Å². The van der Waals surface area contributed by atoms with Crippen molar-refractivity contribution in [3.05, 3.63) is 18.2 Å². The lowest BCUT2D eigenvalue weighted by Crippen LogP contribution is -2.54. The number of nitrogens with zero attached hydrogens (tertiary/aromatic N) is 1. The Morgan fingerprint density at radius 1 is 1.26 bits per heavy atom. The maximum atomic E-state index is 12.7. The second kappa shape index (κ2) is 8.28. The zero-order chi connectivity index (χ0) is 20.2. The van der Waals surface area contributed by atoms with Gasteiger partial charge in [0.15, 0.2) is 0 Å². The first-order valence-electron chi connectivity index (χ1n) is 8.72. The third-order valence-corrected chi connectivity index (χ3v) is 4.91. The Balaban J connectivity index is 2.20. The summed E-state index contributed by atoms with van der Waals surface area (Å²) >= 11 is 0. The molecule has 1 aliphatic heterocycles. The first-order valence-corrected chi connectivity index (χ1v) is 8.72. The van der Waals surface area contributed by atoms with E-state index in [0.29, 0.717) is 23.6 Å². The van der Waals surface area contributed by atoms with Gasteiger partial charge in [0.25, 0.3) is 0 Å². The number of hydrogen-bond acceptors (Lipinski definition) is 6. The number of anilines is 1. The molecule has 0 bridgehead atoms. The van der Waals surface area contributed by atoms with Gasteiger partial charge < -0.3 is 24.4 Å². The molecule has 1 saturated heterocycles. The highest BCUT2D eigenvalue weighted by Gasteiger charge is 2.41. The molecule has 1 fully saturated rings. The van der Waals surface area contributed by atoms with Crippen LogP contribution >= 0.6 is 0 Å². The highest BCUT2D eigenvalue weighted by atomic mass is 16.5. The molecule has 1 aromatic rings. The molecule has 0 radical (unpaired) electrons. The highest BCUT2D eigenvalue weighted by molar-refractivity contribution is 6.02. The largest absolute Gasteiger partial charge is 0.497 e. The van der Waals surface area contributed by atoms with Crippen molar-refractivity contribution in [2.24, 2.45) is 5.92 Å². The third kappa shape index (κ3) is 4.15. The molecule has 1 aromatic carbocycles. The molecular weight excluding hydrogens is 352 g/mol. The second-order valence-electron chi connectivity index (χ2n) is 6.61. The lowest BCUT2D eigenvalue weighted by atomic mass is 9.97. The van der Waals surface area contributed by atoms with Crippen LogP contribution in [0.1, 0.15) is 26.7 Å². The fourth-order valence-electron chi connectivity index (χ4n) is 3.01. The first kappa shape index (κ1) is 20.5. The van der Waals surface area contributed by atoms with Gasteiger partial charge in [-0.05, 0) is 25.5 Å². The van der Waals surface area contributed by atoms with Crippen LogP contribution in [-0.2, 0) is 19.1 Å². The van der Waals surface area contributed by atoms with E-state index in [-0.39, 0.29) is 24.8 Å². The number of esters is 1. The molecule has 2 unspecified atom stereocenters. The van der Waals surface area contributed by atoms with E-state index in [1.165, 1.54) is 26.2 Å². The van der Waals surface area contributed by atoms with Crippen LogP contribution in [0.25, 0.3) is 0 Å². The minimum absolute atomic E-state index is 0.0488. The molecule has 8 nitrogen and oxygen atoms in total. The van der Waals surface area contributed by atoms with Crippen LogP contribution in [0.3, 0.4) is 0 Å². The average Bonchev–Trinajstić information content (AvgIpc) is 3.08. The SMILES string of the molecule is CCC(C)(NC(=O)C1CC(=O)N(c2cc(OC)ccc2OC)C1)C(=O)OC. The lowest BCUT2D eigenvalue weighted by molar-refractivity contribution is -0.150. The van der Waals surface area contributed by atoms with Gasteiger partial charge in [-0.25, -0.2) is 4.79 Å². The Labute approximate surface area is 158 Å². The van der Waals surface area contributed by atoms with Gasteiger partial charge in [-0.15, -0.1) is 0 Å². The number of ether oxygens (including phenoxy) is 3. The van der Waals surface area contributed by atoms with Crippen molar-refractivity contribution >= 4 is 23.5 Å². The van der Waals surface area contributed by atoms with Crippen LogP contribution in [-0.4, -0.2) is 51.2 Å². The summed E-state index contributed by atoms with van der Waals surface area (Å²) < 4.78 is 15.3. The van der Waals surface area contributed by atoms with Gasteiger partial charge in [-0.1, -0.05) is 6.92 Å². The van der Waals surface area contributed by atoms with Crippen LogP contribution in [0.5, 0.6) is 11.5 Å². The number of benzene rings is 1. The fraction of sp³-hybridized carbons (Fsp3) is 0.526. The van der Waals surface area contributed by atoms with E-state index in [1.807, 2.05) is 0 Å². The molecule has 27 heavy (non-hydrogen) atoms. The molecule has 1 heterocycles. The number of carbonyl (C=O) groups excluding carboxylic acids is 3. The second-order valence-corrected chi connectivity index (χ2v) is 6.61. The van der Waals surface area contributed by atoms with Crippen molar-refractivity contribution in [2.75, 3.05) is 32.8 Å². The summed E-state index contributed by atoms with van der Waals surface area (Å²) in [6.45, 7) is 3.58. The van der Waals surface area contributed by atoms with Gasteiger partial charge in [0.2, 0.25) is 11.8 Å². The lowest BCUT2D eigenvalue weighted by Gasteiger charge is -2.28. The smallest absolute Gasteiger partial charge is 0.331 e. The maximum absolute atomic E-state index is 12.7. The summed E-state index contributed by atoms with van der Waals surface area (Å²) in [6, 6.07) is 5.14. The van der Waals surface area contributed by atoms with E-state index >= 15 is 0 Å².